The predicted octanol–water partition coefficient (Wildman–Crippen LogP) is 4.67. The molecule has 1 atom stereocenters. The molecule has 0 aromatic heterocycles. The van der Waals surface area contributed by atoms with Gasteiger partial charge in [-0.2, -0.15) is 0 Å². The van der Waals surface area contributed by atoms with E-state index in [9.17, 15) is 13.2 Å². The highest BCUT2D eigenvalue weighted by atomic mass is 19.1. The molecule has 0 aliphatic carbocycles. The van der Waals surface area contributed by atoms with E-state index in [1.165, 1.54) is 12.1 Å². The van der Waals surface area contributed by atoms with Crippen LogP contribution in [0.4, 0.5) is 18.9 Å². The van der Waals surface area contributed by atoms with Crippen LogP contribution in [0.5, 0.6) is 0 Å². The minimum atomic E-state index is -0.531. The predicted molar refractivity (Wildman–Crippen MR) is 69.4 cm³/mol. The fourth-order valence-corrected chi connectivity index (χ4v) is 1.94. The lowest BCUT2D eigenvalue weighted by molar-refractivity contribution is 0.597. The molecule has 2 aromatic carbocycles. The molecule has 1 nitrogen and oxygen atoms in total. The van der Waals surface area contributed by atoms with Gasteiger partial charge >= 0.3 is 0 Å². The fourth-order valence-electron chi connectivity index (χ4n) is 1.94. The molecule has 0 amide bonds. The number of halogens is 3. The van der Waals surface area contributed by atoms with Crippen molar-refractivity contribution in [3.63, 3.8) is 0 Å². The number of benzene rings is 2. The molecule has 0 saturated carbocycles. The van der Waals surface area contributed by atoms with Gasteiger partial charge in [0.15, 0.2) is 0 Å². The summed E-state index contributed by atoms with van der Waals surface area (Å²) in [6.07, 6.45) is 0.624. The average Bonchev–Trinajstić information content (AvgIpc) is 2.39. The van der Waals surface area contributed by atoms with E-state index < -0.39 is 11.6 Å². The summed E-state index contributed by atoms with van der Waals surface area (Å²) < 4.78 is 39.8. The van der Waals surface area contributed by atoms with Crippen LogP contribution in [0.2, 0.25) is 0 Å². The molecule has 0 fully saturated rings. The van der Waals surface area contributed by atoms with E-state index >= 15 is 0 Å². The Hall–Kier alpha value is -1.97. The first-order chi connectivity index (χ1) is 9.10. The van der Waals surface area contributed by atoms with Crippen molar-refractivity contribution in [2.24, 2.45) is 0 Å². The van der Waals surface area contributed by atoms with Crippen LogP contribution in [0, 0.1) is 17.5 Å². The summed E-state index contributed by atoms with van der Waals surface area (Å²) in [6, 6.07) is 9.03. The average molecular weight is 265 g/mol. The summed E-state index contributed by atoms with van der Waals surface area (Å²) in [5.41, 5.74) is 0.780. The molecule has 1 unspecified atom stereocenters. The Balaban J connectivity index is 2.26. The van der Waals surface area contributed by atoms with E-state index in [1.54, 1.807) is 12.1 Å². The first-order valence-corrected chi connectivity index (χ1v) is 6.07. The van der Waals surface area contributed by atoms with Gasteiger partial charge in [-0.25, -0.2) is 13.2 Å². The molecule has 1 N–H and O–H groups in total. The summed E-state index contributed by atoms with van der Waals surface area (Å²) in [4.78, 5) is 0. The molecular formula is C15H14F3N. The fraction of sp³-hybridized carbons (Fsp3) is 0.200. The maximum absolute atomic E-state index is 13.6. The van der Waals surface area contributed by atoms with E-state index in [1.807, 2.05) is 6.92 Å². The van der Waals surface area contributed by atoms with Gasteiger partial charge in [0, 0.05) is 0 Å². The lowest BCUT2D eigenvalue weighted by Crippen LogP contribution is -2.11. The van der Waals surface area contributed by atoms with Gasteiger partial charge in [-0.1, -0.05) is 19.1 Å². The third-order valence-corrected chi connectivity index (χ3v) is 2.92. The monoisotopic (exact) mass is 265 g/mol. The largest absolute Gasteiger partial charge is 0.376 e. The first kappa shape index (κ1) is 13.5. The molecule has 0 saturated heterocycles. The molecule has 0 bridgehead atoms. The second-order valence-electron chi connectivity index (χ2n) is 4.28. The minimum absolute atomic E-state index is 0.0797. The Morgan fingerprint density at radius 1 is 1.00 bits per heavy atom. The summed E-state index contributed by atoms with van der Waals surface area (Å²) in [7, 11) is 0. The van der Waals surface area contributed by atoms with Gasteiger partial charge < -0.3 is 5.32 Å². The van der Waals surface area contributed by atoms with Crippen LogP contribution in [0.15, 0.2) is 42.5 Å². The maximum Gasteiger partial charge on any atom is 0.146 e. The molecule has 0 spiro atoms. The SMILES string of the molecule is CCC(Nc1cc(F)ccc1F)c1cccc(F)c1. The van der Waals surface area contributed by atoms with Crippen LogP contribution < -0.4 is 5.32 Å². The summed E-state index contributed by atoms with van der Waals surface area (Å²) in [6.45, 7) is 1.89. The Morgan fingerprint density at radius 2 is 1.74 bits per heavy atom. The van der Waals surface area contributed by atoms with Gasteiger partial charge in [-0.05, 0) is 42.3 Å². The lowest BCUT2D eigenvalue weighted by atomic mass is 10.0. The normalized spacial score (nSPS) is 12.2. The second kappa shape index (κ2) is 5.78. The van der Waals surface area contributed by atoms with E-state index in [-0.39, 0.29) is 17.5 Å². The van der Waals surface area contributed by atoms with Crippen LogP contribution in [-0.2, 0) is 0 Å². The summed E-state index contributed by atoms with van der Waals surface area (Å²) in [5, 5.41) is 2.90. The molecule has 0 radical (unpaired) electrons. The lowest BCUT2D eigenvalue weighted by Gasteiger charge is -2.19. The standard InChI is InChI=1S/C15H14F3N/c1-2-14(10-4-3-5-11(16)8-10)19-15-9-12(17)6-7-13(15)18/h3-9,14,19H,2H2,1H3. The zero-order valence-electron chi connectivity index (χ0n) is 10.5. The zero-order valence-corrected chi connectivity index (χ0v) is 10.5. The summed E-state index contributed by atoms with van der Waals surface area (Å²) in [5.74, 6) is -1.40. The summed E-state index contributed by atoms with van der Waals surface area (Å²) >= 11 is 0. The molecule has 4 heteroatoms. The van der Waals surface area contributed by atoms with E-state index in [4.69, 9.17) is 0 Å². The van der Waals surface area contributed by atoms with Crippen LogP contribution in [0.25, 0.3) is 0 Å². The van der Waals surface area contributed by atoms with Gasteiger partial charge in [-0.15, -0.1) is 0 Å². The number of hydrogen-bond acceptors (Lipinski definition) is 1. The number of nitrogens with one attached hydrogen (secondary N) is 1. The van der Waals surface area contributed by atoms with Crippen LogP contribution in [-0.4, -0.2) is 0 Å². The number of anilines is 1. The number of hydrogen-bond donors (Lipinski definition) is 1. The second-order valence-corrected chi connectivity index (χ2v) is 4.28. The van der Waals surface area contributed by atoms with Crippen molar-refractivity contribution < 1.29 is 13.2 Å². The molecule has 0 aliphatic heterocycles. The van der Waals surface area contributed by atoms with Crippen molar-refractivity contribution in [3.05, 3.63) is 65.5 Å². The third kappa shape index (κ3) is 3.28. The molecule has 0 heterocycles. The van der Waals surface area contributed by atoms with Gasteiger partial charge in [-0.3, -0.25) is 0 Å². The van der Waals surface area contributed by atoms with Crippen LogP contribution in [0.3, 0.4) is 0 Å². The molecule has 2 rings (SSSR count). The van der Waals surface area contributed by atoms with Crippen LogP contribution in [0.1, 0.15) is 24.9 Å². The van der Waals surface area contributed by atoms with Crippen LogP contribution >= 0.6 is 0 Å². The van der Waals surface area contributed by atoms with Gasteiger partial charge in [0.25, 0.3) is 0 Å². The Labute approximate surface area is 110 Å². The topological polar surface area (TPSA) is 12.0 Å². The maximum atomic E-state index is 13.6. The minimum Gasteiger partial charge on any atom is -0.376 e. The van der Waals surface area contributed by atoms with Crippen molar-refractivity contribution in [2.75, 3.05) is 5.32 Å². The highest BCUT2D eigenvalue weighted by molar-refractivity contribution is 5.47. The Morgan fingerprint density at radius 3 is 2.42 bits per heavy atom. The van der Waals surface area contributed by atoms with Crippen molar-refractivity contribution in [3.8, 4) is 0 Å². The third-order valence-electron chi connectivity index (χ3n) is 2.92. The Kier molecular flexibility index (Phi) is 4.10. The quantitative estimate of drug-likeness (QED) is 0.847. The molecule has 2 aromatic rings. The van der Waals surface area contributed by atoms with E-state index in [0.29, 0.717) is 12.0 Å². The first-order valence-electron chi connectivity index (χ1n) is 6.07. The van der Waals surface area contributed by atoms with Crippen molar-refractivity contribution in [1.82, 2.24) is 0 Å². The Bertz CT molecular complexity index is 569. The molecule has 0 aliphatic rings. The molecular weight excluding hydrogens is 251 g/mol. The highest BCUT2D eigenvalue weighted by Gasteiger charge is 2.12. The zero-order chi connectivity index (χ0) is 13.8. The highest BCUT2D eigenvalue weighted by Crippen LogP contribution is 2.25. The molecule has 19 heavy (non-hydrogen) atoms. The van der Waals surface area contributed by atoms with Gasteiger partial charge in [0.05, 0.1) is 11.7 Å². The van der Waals surface area contributed by atoms with Gasteiger partial charge in [0.2, 0.25) is 0 Å². The molecule has 100 valence electrons. The smallest absolute Gasteiger partial charge is 0.146 e. The van der Waals surface area contributed by atoms with Crippen molar-refractivity contribution >= 4 is 5.69 Å². The van der Waals surface area contributed by atoms with Crippen molar-refractivity contribution in [2.45, 2.75) is 19.4 Å². The van der Waals surface area contributed by atoms with E-state index in [2.05, 4.69) is 5.32 Å². The van der Waals surface area contributed by atoms with E-state index in [0.717, 1.165) is 18.2 Å². The number of rotatable bonds is 4. The van der Waals surface area contributed by atoms with Crippen molar-refractivity contribution in [1.29, 1.82) is 0 Å². The van der Waals surface area contributed by atoms with Gasteiger partial charge in [0.1, 0.15) is 17.5 Å².